The van der Waals surface area contributed by atoms with Gasteiger partial charge in [0.05, 0.1) is 31.9 Å². The lowest BCUT2D eigenvalue weighted by Gasteiger charge is -2.43. The first kappa shape index (κ1) is 18.3. The number of hydrogen-bond acceptors (Lipinski definition) is 1. The summed E-state index contributed by atoms with van der Waals surface area (Å²) < 4.78 is 1.23. The molecule has 0 saturated carbocycles. The summed E-state index contributed by atoms with van der Waals surface area (Å²) in [7, 11) is 4.86. The van der Waals surface area contributed by atoms with Gasteiger partial charge in [0.25, 0.3) is 0 Å². The van der Waals surface area contributed by atoms with E-state index in [2.05, 4.69) is 67.6 Å². The summed E-state index contributed by atoms with van der Waals surface area (Å²) in [4.78, 5) is 4.63. The van der Waals surface area contributed by atoms with Crippen molar-refractivity contribution < 1.29 is 21.5 Å². The highest BCUT2D eigenvalue weighted by Gasteiger charge is 2.48. The molecular weight excluding hydrogens is 372 g/mol. The van der Waals surface area contributed by atoms with E-state index in [1.54, 1.807) is 0 Å². The predicted molar refractivity (Wildman–Crippen MR) is 99.4 cm³/mol. The molecule has 0 spiro atoms. The number of benzene rings is 1. The smallest absolute Gasteiger partial charge is 0.0896 e. The zero-order valence-electron chi connectivity index (χ0n) is 15.1. The molecule has 2 bridgehead atoms. The SMILES string of the molecule is C[N+]1(C)[C@@H]2CC[C@H]1C[C@@H](/C=C(/c1ccccc1)c1ccccn1)C2.[Br-]. The van der Waals surface area contributed by atoms with Crippen LogP contribution in [0.2, 0.25) is 0 Å². The highest BCUT2D eigenvalue weighted by atomic mass is 79.9. The van der Waals surface area contributed by atoms with E-state index in [-0.39, 0.29) is 17.0 Å². The normalized spacial score (nSPS) is 27.6. The molecule has 2 fully saturated rings. The van der Waals surface area contributed by atoms with Crippen molar-refractivity contribution in [3.05, 3.63) is 72.1 Å². The zero-order valence-corrected chi connectivity index (χ0v) is 16.7. The fraction of sp³-hybridized carbons (Fsp3) is 0.409. The Morgan fingerprint density at radius 3 is 2.20 bits per heavy atom. The molecule has 0 aliphatic carbocycles. The highest BCUT2D eigenvalue weighted by Crippen LogP contribution is 2.43. The number of quaternary nitrogens is 1. The summed E-state index contributed by atoms with van der Waals surface area (Å²) in [6, 6.07) is 18.6. The summed E-state index contributed by atoms with van der Waals surface area (Å²) in [6.45, 7) is 0. The summed E-state index contributed by atoms with van der Waals surface area (Å²) in [5.74, 6) is 0.672. The molecule has 25 heavy (non-hydrogen) atoms. The van der Waals surface area contributed by atoms with Crippen LogP contribution in [0, 0.1) is 5.92 Å². The van der Waals surface area contributed by atoms with Gasteiger partial charge in [0.1, 0.15) is 0 Å². The number of fused-ring (bicyclic) bond motifs is 2. The number of nitrogens with zero attached hydrogens (tertiary/aromatic N) is 2. The lowest BCUT2D eigenvalue weighted by atomic mass is 9.86. The molecule has 2 saturated heterocycles. The van der Waals surface area contributed by atoms with E-state index >= 15 is 0 Å². The molecule has 0 unspecified atom stereocenters. The predicted octanol–water partition coefficient (Wildman–Crippen LogP) is 1.53. The minimum Gasteiger partial charge on any atom is -1.00 e. The van der Waals surface area contributed by atoms with Crippen molar-refractivity contribution >= 4 is 5.57 Å². The van der Waals surface area contributed by atoms with Gasteiger partial charge in [0.15, 0.2) is 0 Å². The Morgan fingerprint density at radius 1 is 0.960 bits per heavy atom. The van der Waals surface area contributed by atoms with E-state index in [0.717, 1.165) is 17.8 Å². The van der Waals surface area contributed by atoms with E-state index in [0.29, 0.717) is 5.92 Å². The molecule has 1 aromatic carbocycles. The Hall–Kier alpha value is -1.45. The van der Waals surface area contributed by atoms with Crippen LogP contribution in [0.15, 0.2) is 60.8 Å². The maximum atomic E-state index is 4.63. The van der Waals surface area contributed by atoms with E-state index in [1.165, 1.54) is 41.3 Å². The van der Waals surface area contributed by atoms with Crippen LogP contribution in [-0.2, 0) is 0 Å². The average molecular weight is 399 g/mol. The van der Waals surface area contributed by atoms with Crippen LogP contribution in [0.4, 0.5) is 0 Å². The zero-order chi connectivity index (χ0) is 16.6. The standard InChI is InChI=1S/C22H27N2.BrH/c1-24(2)19-11-12-20(24)15-17(14-19)16-21(18-8-4-3-5-9-18)22-10-6-7-13-23-22;/h3-10,13,16-17,19-20H,11-12,14-15H2,1-2H3;1H/q+1;/p-1/b21-16-;/t17-,19+,20-;. The first-order chi connectivity index (χ1) is 11.6. The molecule has 2 aliphatic heterocycles. The fourth-order valence-corrected chi connectivity index (χ4v) is 4.76. The number of aromatic nitrogens is 1. The first-order valence-electron chi connectivity index (χ1n) is 9.16. The maximum Gasteiger partial charge on any atom is 0.0896 e. The summed E-state index contributed by atoms with van der Waals surface area (Å²) in [6.07, 6.45) is 9.83. The van der Waals surface area contributed by atoms with Gasteiger partial charge < -0.3 is 21.5 Å². The van der Waals surface area contributed by atoms with Gasteiger partial charge in [0.2, 0.25) is 0 Å². The Balaban J connectivity index is 0.00000182. The molecule has 132 valence electrons. The quantitative estimate of drug-likeness (QED) is 0.714. The number of halogens is 1. The molecule has 4 rings (SSSR count). The van der Waals surface area contributed by atoms with Crippen molar-refractivity contribution in [1.82, 2.24) is 4.98 Å². The monoisotopic (exact) mass is 398 g/mol. The summed E-state index contributed by atoms with van der Waals surface area (Å²) in [5, 5.41) is 0. The third-order valence-electron chi connectivity index (χ3n) is 6.29. The number of rotatable bonds is 3. The minimum absolute atomic E-state index is 0. The third-order valence-corrected chi connectivity index (χ3v) is 6.29. The fourth-order valence-electron chi connectivity index (χ4n) is 4.76. The highest BCUT2D eigenvalue weighted by molar-refractivity contribution is 5.77. The van der Waals surface area contributed by atoms with Gasteiger partial charge >= 0.3 is 0 Å². The summed E-state index contributed by atoms with van der Waals surface area (Å²) in [5.41, 5.74) is 3.67. The molecule has 2 aliphatic rings. The number of pyridine rings is 1. The first-order valence-corrected chi connectivity index (χ1v) is 9.16. The van der Waals surface area contributed by atoms with E-state index in [9.17, 15) is 0 Å². The second kappa shape index (κ2) is 7.43. The lowest BCUT2D eigenvalue weighted by Crippen LogP contribution is -3.00. The molecule has 2 nitrogen and oxygen atoms in total. The topological polar surface area (TPSA) is 12.9 Å². The van der Waals surface area contributed by atoms with Crippen molar-refractivity contribution in [3.63, 3.8) is 0 Å². The van der Waals surface area contributed by atoms with E-state index in [1.807, 2.05) is 12.3 Å². The second-order valence-electron chi connectivity index (χ2n) is 7.91. The van der Waals surface area contributed by atoms with Crippen molar-refractivity contribution in [2.45, 2.75) is 37.8 Å². The molecule has 3 heterocycles. The Labute approximate surface area is 162 Å². The largest absolute Gasteiger partial charge is 1.00 e. The third kappa shape index (κ3) is 3.58. The van der Waals surface area contributed by atoms with Crippen LogP contribution in [-0.4, -0.2) is 35.6 Å². The minimum atomic E-state index is 0. The van der Waals surface area contributed by atoms with Gasteiger partial charge in [-0.15, -0.1) is 0 Å². The van der Waals surface area contributed by atoms with Crippen LogP contribution in [0.5, 0.6) is 0 Å². The Bertz CT molecular complexity index is 667. The van der Waals surface area contributed by atoms with Gasteiger partial charge in [-0.1, -0.05) is 42.5 Å². The molecule has 3 atom stereocenters. The van der Waals surface area contributed by atoms with Gasteiger partial charge in [-0.05, 0) is 23.6 Å². The van der Waals surface area contributed by atoms with Crippen LogP contribution in [0.3, 0.4) is 0 Å². The van der Waals surface area contributed by atoms with Gasteiger partial charge in [0, 0.05) is 37.5 Å². The molecule has 3 heteroatoms. The van der Waals surface area contributed by atoms with Crippen molar-refractivity contribution in [1.29, 1.82) is 0 Å². The van der Waals surface area contributed by atoms with Crippen LogP contribution in [0.1, 0.15) is 36.9 Å². The summed E-state index contributed by atoms with van der Waals surface area (Å²) >= 11 is 0. The van der Waals surface area contributed by atoms with E-state index < -0.39 is 0 Å². The number of piperidine rings is 1. The molecule has 1 aromatic heterocycles. The number of hydrogen-bond donors (Lipinski definition) is 0. The average Bonchev–Trinajstić information content (AvgIpc) is 2.79. The molecule has 0 radical (unpaired) electrons. The molecule has 0 amide bonds. The molecule has 0 N–H and O–H groups in total. The van der Waals surface area contributed by atoms with Crippen LogP contribution >= 0.6 is 0 Å². The van der Waals surface area contributed by atoms with Crippen molar-refractivity contribution in [3.8, 4) is 0 Å². The lowest BCUT2D eigenvalue weighted by molar-refractivity contribution is -0.931. The van der Waals surface area contributed by atoms with Crippen molar-refractivity contribution in [2.24, 2.45) is 5.92 Å². The van der Waals surface area contributed by atoms with Gasteiger partial charge in [-0.2, -0.15) is 0 Å². The maximum absolute atomic E-state index is 4.63. The van der Waals surface area contributed by atoms with Crippen LogP contribution in [0.25, 0.3) is 5.57 Å². The number of allylic oxidation sites excluding steroid dienone is 1. The van der Waals surface area contributed by atoms with Crippen LogP contribution < -0.4 is 17.0 Å². The van der Waals surface area contributed by atoms with Crippen molar-refractivity contribution in [2.75, 3.05) is 14.1 Å². The molecular formula is C22H27BrN2. The van der Waals surface area contributed by atoms with Gasteiger partial charge in [-0.3, -0.25) is 4.98 Å². The Morgan fingerprint density at radius 2 is 1.60 bits per heavy atom. The van der Waals surface area contributed by atoms with Gasteiger partial charge in [-0.25, -0.2) is 0 Å². The Kier molecular flexibility index (Phi) is 5.45. The van der Waals surface area contributed by atoms with E-state index in [4.69, 9.17) is 0 Å². The molecule has 2 aromatic rings. The second-order valence-corrected chi connectivity index (χ2v) is 7.91.